The molecule has 160 valence electrons. The Hall–Kier alpha value is -2.61. The monoisotopic (exact) mass is 443 g/mol. The zero-order valence-electron chi connectivity index (χ0n) is 16.7. The van der Waals surface area contributed by atoms with E-state index in [0.717, 1.165) is 54.8 Å². The van der Waals surface area contributed by atoms with E-state index in [1.165, 1.54) is 6.07 Å². The molecule has 0 atom stereocenters. The van der Waals surface area contributed by atoms with Gasteiger partial charge in [0, 0.05) is 36.3 Å². The fourth-order valence-electron chi connectivity index (χ4n) is 4.05. The van der Waals surface area contributed by atoms with E-state index in [-0.39, 0.29) is 0 Å². The summed E-state index contributed by atoms with van der Waals surface area (Å²) in [5, 5.41) is 1.47. The van der Waals surface area contributed by atoms with E-state index in [0.29, 0.717) is 29.6 Å². The van der Waals surface area contributed by atoms with Crippen LogP contribution in [0.5, 0.6) is 0 Å². The summed E-state index contributed by atoms with van der Waals surface area (Å²) in [6.07, 6.45) is 4.85. The molecule has 2 saturated heterocycles. The van der Waals surface area contributed by atoms with Crippen molar-refractivity contribution in [3.63, 3.8) is 0 Å². The van der Waals surface area contributed by atoms with E-state index < -0.39 is 17.4 Å². The van der Waals surface area contributed by atoms with Crippen molar-refractivity contribution in [2.24, 2.45) is 0 Å². The Kier molecular flexibility index (Phi) is 5.33. The molecule has 3 aromatic rings. The molecule has 2 aliphatic rings. The SMILES string of the molecule is Fc1ccc(/C=C/c2nc(N3CCC4(CC3)OCCO4)c3cc(Cl)ccc3n2)cc1F. The van der Waals surface area contributed by atoms with Crippen molar-refractivity contribution in [3.8, 4) is 0 Å². The molecule has 3 heterocycles. The van der Waals surface area contributed by atoms with Gasteiger partial charge in [-0.3, -0.25) is 0 Å². The van der Waals surface area contributed by atoms with E-state index in [1.54, 1.807) is 18.2 Å². The first-order valence-corrected chi connectivity index (χ1v) is 10.5. The lowest BCUT2D eigenvalue weighted by Crippen LogP contribution is -2.45. The van der Waals surface area contributed by atoms with Gasteiger partial charge in [-0.05, 0) is 42.0 Å². The van der Waals surface area contributed by atoms with Gasteiger partial charge in [0.2, 0.25) is 0 Å². The van der Waals surface area contributed by atoms with Crippen LogP contribution in [-0.2, 0) is 9.47 Å². The van der Waals surface area contributed by atoms with E-state index >= 15 is 0 Å². The smallest absolute Gasteiger partial charge is 0.171 e. The molecule has 2 aliphatic heterocycles. The number of fused-ring (bicyclic) bond motifs is 1. The fourth-order valence-corrected chi connectivity index (χ4v) is 4.22. The van der Waals surface area contributed by atoms with Crippen molar-refractivity contribution in [1.82, 2.24) is 9.97 Å². The van der Waals surface area contributed by atoms with Gasteiger partial charge in [-0.15, -0.1) is 0 Å². The van der Waals surface area contributed by atoms with Crippen LogP contribution in [0.4, 0.5) is 14.6 Å². The Morgan fingerprint density at radius 1 is 0.935 bits per heavy atom. The van der Waals surface area contributed by atoms with Crippen molar-refractivity contribution in [2.45, 2.75) is 18.6 Å². The van der Waals surface area contributed by atoms with Crippen LogP contribution in [0.15, 0.2) is 36.4 Å². The van der Waals surface area contributed by atoms with Crippen LogP contribution in [0.3, 0.4) is 0 Å². The molecule has 8 heteroatoms. The van der Waals surface area contributed by atoms with Crippen molar-refractivity contribution in [2.75, 3.05) is 31.2 Å². The summed E-state index contributed by atoms with van der Waals surface area (Å²) in [6, 6.07) is 9.24. The van der Waals surface area contributed by atoms with Gasteiger partial charge in [0.1, 0.15) is 5.82 Å². The van der Waals surface area contributed by atoms with E-state index in [4.69, 9.17) is 26.1 Å². The van der Waals surface area contributed by atoms with Gasteiger partial charge in [-0.1, -0.05) is 23.7 Å². The summed E-state index contributed by atoms with van der Waals surface area (Å²) in [7, 11) is 0. The van der Waals surface area contributed by atoms with Crippen LogP contribution >= 0.6 is 11.6 Å². The van der Waals surface area contributed by atoms with Gasteiger partial charge in [0.15, 0.2) is 23.2 Å². The maximum absolute atomic E-state index is 13.5. The lowest BCUT2D eigenvalue weighted by Gasteiger charge is -2.38. The predicted molar refractivity (Wildman–Crippen MR) is 116 cm³/mol. The lowest BCUT2D eigenvalue weighted by molar-refractivity contribution is -0.169. The molecule has 0 aliphatic carbocycles. The number of piperidine rings is 1. The number of rotatable bonds is 3. The van der Waals surface area contributed by atoms with Gasteiger partial charge in [-0.25, -0.2) is 18.7 Å². The van der Waals surface area contributed by atoms with Gasteiger partial charge in [-0.2, -0.15) is 0 Å². The standard InChI is InChI=1S/C23H20ClF2N3O2/c24-16-3-5-20-17(14-16)22(29-9-7-23(8-10-29)30-11-12-31-23)28-21(27-20)6-2-15-1-4-18(25)19(26)13-15/h1-6,13-14H,7-12H2/b6-2+. The first kappa shape index (κ1) is 20.3. The van der Waals surface area contributed by atoms with Crippen LogP contribution in [-0.4, -0.2) is 42.1 Å². The highest BCUT2D eigenvalue weighted by atomic mass is 35.5. The number of halogens is 3. The minimum Gasteiger partial charge on any atom is -0.356 e. The average molecular weight is 444 g/mol. The molecule has 5 rings (SSSR count). The molecule has 0 amide bonds. The largest absolute Gasteiger partial charge is 0.356 e. The molecule has 2 fully saturated rings. The first-order chi connectivity index (χ1) is 15.0. The number of ether oxygens (including phenoxy) is 2. The fraction of sp³-hybridized carbons (Fsp3) is 0.304. The zero-order chi connectivity index (χ0) is 21.4. The van der Waals surface area contributed by atoms with Gasteiger partial charge < -0.3 is 14.4 Å². The normalized spacial score (nSPS) is 18.5. The lowest BCUT2D eigenvalue weighted by atomic mass is 10.0. The molecule has 0 unspecified atom stereocenters. The zero-order valence-corrected chi connectivity index (χ0v) is 17.4. The first-order valence-electron chi connectivity index (χ1n) is 10.1. The second-order valence-corrected chi connectivity index (χ2v) is 8.10. The van der Waals surface area contributed by atoms with Crippen molar-refractivity contribution < 1.29 is 18.3 Å². The Morgan fingerprint density at radius 3 is 2.45 bits per heavy atom. The molecular weight excluding hydrogens is 424 g/mol. The number of aromatic nitrogens is 2. The third kappa shape index (κ3) is 4.13. The van der Waals surface area contributed by atoms with Crippen LogP contribution in [0.1, 0.15) is 24.2 Å². The minimum atomic E-state index is -0.893. The number of hydrogen-bond acceptors (Lipinski definition) is 5. The summed E-state index contributed by atoms with van der Waals surface area (Å²) in [5.74, 6) is -0.993. The highest BCUT2D eigenvalue weighted by molar-refractivity contribution is 6.31. The number of benzene rings is 2. The topological polar surface area (TPSA) is 47.5 Å². The molecule has 31 heavy (non-hydrogen) atoms. The van der Waals surface area contributed by atoms with E-state index in [9.17, 15) is 8.78 Å². The third-order valence-corrected chi connectivity index (χ3v) is 5.90. The average Bonchev–Trinajstić information content (AvgIpc) is 3.23. The summed E-state index contributed by atoms with van der Waals surface area (Å²) < 4.78 is 38.3. The Morgan fingerprint density at radius 2 is 1.71 bits per heavy atom. The van der Waals surface area contributed by atoms with Crippen molar-refractivity contribution >= 4 is 40.5 Å². The highest BCUT2D eigenvalue weighted by Crippen LogP contribution is 2.35. The third-order valence-electron chi connectivity index (χ3n) is 5.66. The Bertz CT molecular complexity index is 1160. The Labute approximate surface area is 183 Å². The summed E-state index contributed by atoms with van der Waals surface area (Å²) >= 11 is 6.24. The molecule has 0 saturated carbocycles. The molecule has 0 bridgehead atoms. The van der Waals surface area contributed by atoms with E-state index in [1.807, 2.05) is 12.1 Å². The number of nitrogens with zero attached hydrogens (tertiary/aromatic N) is 3. The molecule has 2 aromatic carbocycles. The van der Waals surface area contributed by atoms with Crippen LogP contribution in [0, 0.1) is 11.6 Å². The van der Waals surface area contributed by atoms with Crippen LogP contribution < -0.4 is 4.90 Å². The molecule has 1 spiro atoms. The highest BCUT2D eigenvalue weighted by Gasteiger charge is 2.40. The quantitative estimate of drug-likeness (QED) is 0.565. The molecule has 5 nitrogen and oxygen atoms in total. The summed E-state index contributed by atoms with van der Waals surface area (Å²) in [6.45, 7) is 2.71. The molecule has 1 aromatic heterocycles. The van der Waals surface area contributed by atoms with Gasteiger partial charge >= 0.3 is 0 Å². The second-order valence-electron chi connectivity index (χ2n) is 7.67. The second kappa shape index (κ2) is 8.15. The van der Waals surface area contributed by atoms with Crippen molar-refractivity contribution in [1.29, 1.82) is 0 Å². The predicted octanol–water partition coefficient (Wildman–Crippen LogP) is 5.08. The minimum absolute atomic E-state index is 0.475. The van der Waals surface area contributed by atoms with Gasteiger partial charge in [0.25, 0.3) is 0 Å². The molecule has 0 radical (unpaired) electrons. The maximum atomic E-state index is 13.5. The Balaban J connectivity index is 1.48. The number of hydrogen-bond donors (Lipinski definition) is 0. The van der Waals surface area contributed by atoms with Crippen LogP contribution in [0.25, 0.3) is 23.1 Å². The summed E-state index contributed by atoms with van der Waals surface area (Å²) in [4.78, 5) is 11.5. The van der Waals surface area contributed by atoms with Crippen molar-refractivity contribution in [3.05, 3.63) is 64.4 Å². The molecule has 0 N–H and O–H groups in total. The summed E-state index contributed by atoms with van der Waals surface area (Å²) in [5.41, 5.74) is 1.28. The van der Waals surface area contributed by atoms with E-state index in [2.05, 4.69) is 9.88 Å². The number of anilines is 1. The van der Waals surface area contributed by atoms with Crippen LogP contribution in [0.2, 0.25) is 5.02 Å². The maximum Gasteiger partial charge on any atom is 0.171 e. The van der Waals surface area contributed by atoms with Gasteiger partial charge in [0.05, 0.1) is 18.7 Å². The molecular formula is C23H20ClF2N3O2.